The predicted octanol–water partition coefficient (Wildman–Crippen LogP) is 2.71. The zero-order valence-electron chi connectivity index (χ0n) is 11.4. The lowest BCUT2D eigenvalue weighted by Gasteiger charge is -2.16. The lowest BCUT2D eigenvalue weighted by molar-refractivity contribution is 0.112. The number of thiazole rings is 1. The molecule has 0 fully saturated rings. The van der Waals surface area contributed by atoms with E-state index in [1.807, 2.05) is 0 Å². The van der Waals surface area contributed by atoms with Gasteiger partial charge in [-0.3, -0.25) is 0 Å². The van der Waals surface area contributed by atoms with Crippen LogP contribution in [0.5, 0.6) is 0 Å². The minimum atomic E-state index is 0.386. The van der Waals surface area contributed by atoms with E-state index in [0.29, 0.717) is 6.04 Å². The first kappa shape index (κ1) is 14.6. The fourth-order valence-electron chi connectivity index (χ4n) is 1.69. The molecule has 17 heavy (non-hydrogen) atoms. The van der Waals surface area contributed by atoms with Gasteiger partial charge in [0.15, 0.2) is 0 Å². The Bertz CT molecular complexity index is 306. The van der Waals surface area contributed by atoms with E-state index in [0.717, 1.165) is 38.3 Å². The summed E-state index contributed by atoms with van der Waals surface area (Å²) < 4.78 is 5.62. The van der Waals surface area contributed by atoms with Crippen LogP contribution in [-0.4, -0.2) is 30.8 Å². The number of hydrogen-bond donors (Lipinski definition) is 1. The molecule has 1 N–H and O–H groups in total. The molecule has 0 bridgehead atoms. The third-order valence-electron chi connectivity index (χ3n) is 2.65. The fraction of sp³-hybridized carbons (Fsp3) is 0.769. The van der Waals surface area contributed by atoms with Crippen LogP contribution in [-0.2, 0) is 11.2 Å². The second kappa shape index (κ2) is 7.80. The van der Waals surface area contributed by atoms with Crippen LogP contribution in [0.1, 0.15) is 35.8 Å². The number of nitrogens with zero attached hydrogens (tertiary/aromatic N) is 1. The fourth-order valence-corrected chi connectivity index (χ4v) is 2.70. The summed E-state index contributed by atoms with van der Waals surface area (Å²) in [4.78, 5) is 5.91. The van der Waals surface area contributed by atoms with E-state index < -0.39 is 0 Å². The maximum Gasteiger partial charge on any atom is 0.0947 e. The van der Waals surface area contributed by atoms with Gasteiger partial charge in [-0.2, -0.15) is 0 Å². The molecule has 0 amide bonds. The van der Waals surface area contributed by atoms with Crippen LogP contribution >= 0.6 is 11.3 Å². The number of nitrogens with one attached hydrogen (secondary N) is 1. The highest BCUT2D eigenvalue weighted by Gasteiger charge is 2.12. The molecule has 1 rings (SSSR count). The number of aromatic nitrogens is 1. The maximum atomic E-state index is 5.62. The summed E-state index contributed by atoms with van der Waals surface area (Å²) in [6, 6.07) is 0.386. The van der Waals surface area contributed by atoms with Gasteiger partial charge in [-0.1, -0.05) is 13.8 Å². The molecule has 0 saturated heterocycles. The molecule has 0 aromatic carbocycles. The third-order valence-corrected chi connectivity index (χ3v) is 3.75. The highest BCUT2D eigenvalue weighted by molar-refractivity contribution is 7.11. The number of ether oxygens (including phenoxy) is 1. The van der Waals surface area contributed by atoms with Gasteiger partial charge >= 0.3 is 0 Å². The van der Waals surface area contributed by atoms with E-state index in [1.165, 1.54) is 9.88 Å². The predicted molar refractivity (Wildman–Crippen MR) is 73.9 cm³/mol. The summed E-state index contributed by atoms with van der Waals surface area (Å²) in [7, 11) is 0. The van der Waals surface area contributed by atoms with Crippen molar-refractivity contribution >= 4 is 11.3 Å². The van der Waals surface area contributed by atoms with Gasteiger partial charge in [-0.05, 0) is 26.8 Å². The molecule has 0 aliphatic heterocycles. The Morgan fingerprint density at radius 1 is 1.35 bits per heavy atom. The molecule has 0 radical (unpaired) electrons. The van der Waals surface area contributed by atoms with Crippen molar-refractivity contribution in [1.82, 2.24) is 10.3 Å². The van der Waals surface area contributed by atoms with Crippen LogP contribution in [0.25, 0.3) is 0 Å². The zero-order valence-corrected chi connectivity index (χ0v) is 12.2. The monoisotopic (exact) mass is 256 g/mol. The molecule has 3 nitrogen and oxygen atoms in total. The van der Waals surface area contributed by atoms with Gasteiger partial charge < -0.3 is 10.1 Å². The summed E-state index contributed by atoms with van der Waals surface area (Å²) in [5.41, 5.74) is 1.16. The van der Waals surface area contributed by atoms with Gasteiger partial charge in [-0.25, -0.2) is 4.98 Å². The van der Waals surface area contributed by atoms with Crippen molar-refractivity contribution in [3.8, 4) is 0 Å². The lowest BCUT2D eigenvalue weighted by Crippen LogP contribution is -2.35. The molecule has 98 valence electrons. The quantitative estimate of drug-likeness (QED) is 0.726. The van der Waals surface area contributed by atoms with Crippen molar-refractivity contribution in [2.45, 2.75) is 46.6 Å². The second-order valence-electron chi connectivity index (χ2n) is 4.28. The lowest BCUT2D eigenvalue weighted by atomic mass is 10.2. The largest absolute Gasteiger partial charge is 0.380 e. The Morgan fingerprint density at radius 2 is 2.12 bits per heavy atom. The van der Waals surface area contributed by atoms with Crippen molar-refractivity contribution in [3.63, 3.8) is 0 Å². The minimum Gasteiger partial charge on any atom is -0.380 e. The highest BCUT2D eigenvalue weighted by Crippen LogP contribution is 2.17. The number of hydrogen-bond acceptors (Lipinski definition) is 4. The summed E-state index contributed by atoms with van der Waals surface area (Å²) in [5.74, 6) is 0. The average Bonchev–Trinajstić information content (AvgIpc) is 2.58. The van der Waals surface area contributed by atoms with Gasteiger partial charge in [0.1, 0.15) is 0 Å². The van der Waals surface area contributed by atoms with Crippen LogP contribution in [0.15, 0.2) is 0 Å². The van der Waals surface area contributed by atoms with E-state index in [4.69, 9.17) is 4.74 Å². The van der Waals surface area contributed by atoms with E-state index in [1.54, 1.807) is 11.3 Å². The summed E-state index contributed by atoms with van der Waals surface area (Å²) >= 11 is 1.80. The molecule has 1 heterocycles. The molecular formula is C13H24N2OS. The van der Waals surface area contributed by atoms with E-state index in [9.17, 15) is 0 Å². The molecule has 1 aromatic heterocycles. The maximum absolute atomic E-state index is 5.62. The summed E-state index contributed by atoms with van der Waals surface area (Å²) in [6.45, 7) is 11.1. The van der Waals surface area contributed by atoms with Crippen molar-refractivity contribution in [3.05, 3.63) is 15.6 Å². The SMILES string of the molecule is CCCOCC(Cc1nc(C)c(C)s1)NCC. The van der Waals surface area contributed by atoms with Crippen molar-refractivity contribution in [1.29, 1.82) is 0 Å². The van der Waals surface area contributed by atoms with Crippen LogP contribution in [0.3, 0.4) is 0 Å². The average molecular weight is 256 g/mol. The Hall–Kier alpha value is -0.450. The number of likely N-dealkylation sites (N-methyl/N-ethyl adjacent to an activating group) is 1. The summed E-state index contributed by atoms with van der Waals surface area (Å²) in [5, 5.41) is 4.67. The highest BCUT2D eigenvalue weighted by atomic mass is 32.1. The first-order chi connectivity index (χ1) is 8.17. The zero-order chi connectivity index (χ0) is 12.7. The molecule has 1 unspecified atom stereocenters. The van der Waals surface area contributed by atoms with Crippen molar-refractivity contribution in [2.24, 2.45) is 0 Å². The van der Waals surface area contributed by atoms with E-state index in [2.05, 4.69) is 38.0 Å². The smallest absolute Gasteiger partial charge is 0.0947 e. The second-order valence-corrected chi connectivity index (χ2v) is 5.57. The summed E-state index contributed by atoms with van der Waals surface area (Å²) in [6.07, 6.45) is 2.05. The van der Waals surface area contributed by atoms with Crippen LogP contribution in [0, 0.1) is 13.8 Å². The Labute approximate surface area is 109 Å². The van der Waals surface area contributed by atoms with Gasteiger partial charge in [0.05, 0.1) is 17.3 Å². The molecule has 4 heteroatoms. The van der Waals surface area contributed by atoms with Gasteiger partial charge in [0, 0.05) is 23.9 Å². The number of aryl methyl sites for hydroxylation is 2. The first-order valence-electron chi connectivity index (χ1n) is 6.41. The molecule has 1 atom stereocenters. The molecular weight excluding hydrogens is 232 g/mol. The topological polar surface area (TPSA) is 34.1 Å². The molecule has 0 aliphatic rings. The minimum absolute atomic E-state index is 0.386. The van der Waals surface area contributed by atoms with Crippen LogP contribution in [0.2, 0.25) is 0 Å². The van der Waals surface area contributed by atoms with E-state index in [-0.39, 0.29) is 0 Å². The number of rotatable bonds is 8. The Morgan fingerprint density at radius 3 is 2.65 bits per heavy atom. The molecule has 1 aromatic rings. The van der Waals surface area contributed by atoms with E-state index >= 15 is 0 Å². The van der Waals surface area contributed by atoms with Crippen LogP contribution < -0.4 is 5.32 Å². The third kappa shape index (κ3) is 5.15. The Balaban J connectivity index is 2.47. The van der Waals surface area contributed by atoms with Gasteiger partial charge in [0.25, 0.3) is 0 Å². The Kier molecular flexibility index (Phi) is 6.70. The molecule has 0 saturated carbocycles. The standard InChI is InChI=1S/C13H24N2OS/c1-5-7-16-9-12(14-6-2)8-13-15-10(3)11(4)17-13/h12,14H,5-9H2,1-4H3. The van der Waals surface area contributed by atoms with Crippen molar-refractivity contribution < 1.29 is 4.74 Å². The van der Waals surface area contributed by atoms with Crippen LogP contribution in [0.4, 0.5) is 0 Å². The normalized spacial score (nSPS) is 12.9. The van der Waals surface area contributed by atoms with Crippen molar-refractivity contribution in [2.75, 3.05) is 19.8 Å². The van der Waals surface area contributed by atoms with Gasteiger partial charge in [-0.15, -0.1) is 11.3 Å². The first-order valence-corrected chi connectivity index (χ1v) is 7.23. The van der Waals surface area contributed by atoms with Gasteiger partial charge in [0.2, 0.25) is 0 Å². The molecule has 0 aliphatic carbocycles. The molecule has 0 spiro atoms.